The lowest BCUT2D eigenvalue weighted by Crippen LogP contribution is -2.51. The summed E-state index contributed by atoms with van der Waals surface area (Å²) >= 11 is 0. The molecule has 366 valence electrons. The highest BCUT2D eigenvalue weighted by Gasteiger charge is 2.48. The molecule has 0 bridgehead atoms. The molecule has 2 saturated heterocycles. The van der Waals surface area contributed by atoms with Crippen molar-refractivity contribution in [1.29, 1.82) is 0 Å². The minimum Gasteiger partial charge on any atom is -0.438 e. The molecule has 2 aliphatic heterocycles. The van der Waals surface area contributed by atoms with Crippen LogP contribution in [0.25, 0.3) is 22.3 Å². The third-order valence-corrected chi connectivity index (χ3v) is 14.0. The van der Waals surface area contributed by atoms with E-state index in [1.54, 1.807) is 62.9 Å². The van der Waals surface area contributed by atoms with E-state index in [1.807, 2.05) is 146 Å². The molecule has 3 fully saturated rings. The van der Waals surface area contributed by atoms with Crippen LogP contribution in [0, 0.1) is 0 Å². The second-order valence-corrected chi connectivity index (χ2v) is 20.7. The maximum Gasteiger partial charge on any atom is 0.411 e. The number of nitrogens with zero attached hydrogens (tertiary/aromatic N) is 4. The van der Waals surface area contributed by atoms with E-state index >= 15 is 0 Å². The van der Waals surface area contributed by atoms with Crippen LogP contribution in [0.15, 0.2) is 155 Å². The molecule has 70 heavy (non-hydrogen) atoms. The van der Waals surface area contributed by atoms with Crippen molar-refractivity contribution in [2.45, 2.75) is 121 Å². The number of carbonyl (C=O) groups excluding carboxylic acids is 2. The zero-order valence-electron chi connectivity index (χ0n) is 41.4. The fourth-order valence-electron chi connectivity index (χ4n) is 10.1. The summed E-state index contributed by atoms with van der Waals surface area (Å²) in [4.78, 5) is 54.4. The Morgan fingerprint density at radius 3 is 1.31 bits per heavy atom. The summed E-state index contributed by atoms with van der Waals surface area (Å²) < 4.78 is 15.6. The summed E-state index contributed by atoms with van der Waals surface area (Å²) in [6.45, 7) is 12.0. The van der Waals surface area contributed by atoms with Crippen LogP contribution in [0.5, 0.6) is 0 Å². The van der Waals surface area contributed by atoms with Gasteiger partial charge in [-0.15, -0.1) is 0 Å². The van der Waals surface area contributed by atoms with Crippen molar-refractivity contribution in [3.05, 3.63) is 189 Å². The van der Waals surface area contributed by atoms with Gasteiger partial charge in [-0.25, -0.2) is 9.59 Å². The number of aliphatic hydroxyl groups is 2. The topological polar surface area (TPSA) is 144 Å². The van der Waals surface area contributed by atoms with E-state index in [0.29, 0.717) is 44.8 Å². The second kappa shape index (κ2) is 19.9. The fourth-order valence-corrected chi connectivity index (χ4v) is 10.1. The van der Waals surface area contributed by atoms with E-state index in [4.69, 9.17) is 9.47 Å². The van der Waals surface area contributed by atoms with Crippen LogP contribution in [0.1, 0.15) is 120 Å². The predicted octanol–water partition coefficient (Wildman–Crippen LogP) is 10.8. The Bertz CT molecular complexity index is 2900. The van der Waals surface area contributed by atoms with E-state index in [1.165, 1.54) is 4.57 Å². The molecule has 4 atom stereocenters. The highest BCUT2D eigenvalue weighted by atomic mass is 16.6. The van der Waals surface area contributed by atoms with Crippen LogP contribution >= 0.6 is 0 Å². The minimum absolute atomic E-state index is 0.0384. The second-order valence-electron chi connectivity index (χ2n) is 20.7. The first-order valence-electron chi connectivity index (χ1n) is 24.4. The molecule has 2 aromatic heterocycles. The van der Waals surface area contributed by atoms with Gasteiger partial charge in [0.15, 0.2) is 0 Å². The predicted molar refractivity (Wildman–Crippen MR) is 272 cm³/mol. The molecule has 12 heteroatoms. The van der Waals surface area contributed by atoms with Gasteiger partial charge >= 0.3 is 12.2 Å². The first kappa shape index (κ1) is 49.7. The number of hydrogen-bond donors (Lipinski definition) is 2. The first-order valence-corrected chi connectivity index (χ1v) is 24.4. The minimum atomic E-state index is -0.988. The highest BCUT2D eigenvalue weighted by Crippen LogP contribution is 2.44. The molecule has 12 nitrogen and oxygen atoms in total. The van der Waals surface area contributed by atoms with Gasteiger partial charge in [-0.1, -0.05) is 109 Å². The molecule has 2 N–H and O–H groups in total. The Labute approximate surface area is 410 Å². The van der Waals surface area contributed by atoms with Crippen LogP contribution in [-0.4, -0.2) is 65.6 Å². The van der Waals surface area contributed by atoms with Gasteiger partial charge in [0, 0.05) is 76.4 Å². The number of aromatic nitrogens is 2. The summed E-state index contributed by atoms with van der Waals surface area (Å²) in [5.74, 6) is 0. The number of ether oxygens (including phenoxy) is 2. The summed E-state index contributed by atoms with van der Waals surface area (Å²) in [6.07, 6.45) is 6.86. The van der Waals surface area contributed by atoms with E-state index < -0.39 is 22.4 Å². The van der Waals surface area contributed by atoms with Crippen molar-refractivity contribution >= 4 is 12.2 Å². The standard InChI is InChI=1S/C30H34N2O4.C28H32N2O4/c1-21(22-9-11-23(12-10-22)24-15-17-32(26-13-14-26)27(33)19-24)31-18-16-30(36-28(31)34,20-29(2,3)35)25-7-5-4-6-8-25;1-20(21-10-12-22(13-11-21)23-14-16-29(4)25(31)18-23)30-17-15-28(34-26(30)32,19-27(2,3)33)24-8-6-5-7-9-24/h4-12,15,17,19,21,26,35H,13-14,16,18,20H2,1-3H3;5-14,16,18,20,33H,15,17,19H2,1-4H3/t21-,30-;20-,28-/m00/s1. The molecule has 6 aromatic rings. The number of aryl methyl sites for hydroxylation is 1. The van der Waals surface area contributed by atoms with E-state index in [0.717, 1.165) is 57.3 Å². The van der Waals surface area contributed by atoms with Crippen LogP contribution in [0.4, 0.5) is 9.59 Å². The molecule has 4 aromatic carbocycles. The zero-order chi connectivity index (χ0) is 50.0. The highest BCUT2D eigenvalue weighted by molar-refractivity contribution is 5.71. The number of amides is 2. The third kappa shape index (κ3) is 11.3. The fraction of sp³-hybridized carbons (Fsp3) is 0.379. The zero-order valence-corrected chi connectivity index (χ0v) is 41.4. The van der Waals surface area contributed by atoms with Crippen LogP contribution in [-0.2, 0) is 27.7 Å². The molecular weight excluding hydrogens is 881 g/mol. The van der Waals surface area contributed by atoms with Crippen LogP contribution in [0.2, 0.25) is 0 Å². The number of hydrogen-bond acceptors (Lipinski definition) is 8. The molecule has 1 aliphatic carbocycles. The molecule has 0 unspecified atom stereocenters. The van der Waals surface area contributed by atoms with Gasteiger partial charge in [0.25, 0.3) is 11.1 Å². The number of benzene rings is 4. The van der Waals surface area contributed by atoms with Crippen LogP contribution in [0.3, 0.4) is 0 Å². The van der Waals surface area contributed by atoms with Crippen LogP contribution < -0.4 is 11.1 Å². The summed E-state index contributed by atoms with van der Waals surface area (Å²) in [5.41, 5.74) is 3.74. The normalized spacial score (nSPS) is 20.4. The van der Waals surface area contributed by atoms with Crippen molar-refractivity contribution in [2.24, 2.45) is 7.05 Å². The largest absolute Gasteiger partial charge is 0.438 e. The number of cyclic esters (lactones) is 2. The SMILES string of the molecule is C[C@@H](c1ccc(-c2ccn(C)c(=O)c2)cc1)N1CC[C@](CC(C)(C)O)(c2ccccc2)OC1=O.C[C@@H](c1ccc(-c2ccn(C3CC3)c(=O)c2)cc1)N1CC[C@](CC(C)(C)O)(c2ccccc2)OC1=O. The molecule has 4 heterocycles. The number of carbonyl (C=O) groups is 2. The maximum absolute atomic E-state index is 13.3. The van der Waals surface area contributed by atoms with Gasteiger partial charge in [-0.3, -0.25) is 9.59 Å². The number of rotatable bonds is 13. The van der Waals surface area contributed by atoms with E-state index in [2.05, 4.69) is 0 Å². The first-order chi connectivity index (χ1) is 33.2. The smallest absolute Gasteiger partial charge is 0.411 e. The lowest BCUT2D eigenvalue weighted by molar-refractivity contribution is -0.102. The lowest BCUT2D eigenvalue weighted by atomic mass is 9.80. The Kier molecular flexibility index (Phi) is 14.1. The number of pyridine rings is 2. The van der Waals surface area contributed by atoms with Gasteiger partial charge in [-0.2, -0.15) is 0 Å². The molecule has 2 amide bonds. The molecule has 0 radical (unpaired) electrons. The Morgan fingerprint density at radius 2 is 0.957 bits per heavy atom. The third-order valence-electron chi connectivity index (χ3n) is 14.0. The average molecular weight is 947 g/mol. The molecule has 3 aliphatic rings. The van der Waals surface area contributed by atoms with Gasteiger partial charge < -0.3 is 38.6 Å². The lowest BCUT2D eigenvalue weighted by Gasteiger charge is -2.45. The van der Waals surface area contributed by atoms with Crippen molar-refractivity contribution in [3.63, 3.8) is 0 Å². The molecule has 9 rings (SSSR count). The van der Waals surface area contributed by atoms with Gasteiger partial charge in [0.2, 0.25) is 0 Å². The van der Waals surface area contributed by atoms with Gasteiger partial charge in [-0.05, 0) is 111 Å². The van der Waals surface area contributed by atoms with Crippen molar-refractivity contribution in [2.75, 3.05) is 13.1 Å². The Morgan fingerprint density at radius 1 is 0.557 bits per heavy atom. The van der Waals surface area contributed by atoms with E-state index in [-0.39, 0.29) is 35.4 Å². The van der Waals surface area contributed by atoms with Crippen molar-refractivity contribution in [3.8, 4) is 22.3 Å². The Balaban J connectivity index is 0.000000189. The average Bonchev–Trinajstić information content (AvgIpc) is 4.18. The summed E-state index contributed by atoms with van der Waals surface area (Å²) in [6, 6.07) is 42.6. The monoisotopic (exact) mass is 946 g/mol. The molecule has 1 saturated carbocycles. The quantitative estimate of drug-likeness (QED) is 0.116. The van der Waals surface area contributed by atoms with Gasteiger partial charge in [0.05, 0.1) is 23.3 Å². The summed E-state index contributed by atoms with van der Waals surface area (Å²) in [7, 11) is 1.72. The molecule has 0 spiro atoms. The van der Waals surface area contributed by atoms with Crippen molar-refractivity contribution < 1.29 is 29.3 Å². The summed E-state index contributed by atoms with van der Waals surface area (Å²) in [5, 5.41) is 21.2. The molecular formula is C58H66N4O8. The maximum atomic E-state index is 13.3. The van der Waals surface area contributed by atoms with E-state index in [9.17, 15) is 29.4 Å². The van der Waals surface area contributed by atoms with Crippen molar-refractivity contribution in [1.82, 2.24) is 18.9 Å². The van der Waals surface area contributed by atoms with Gasteiger partial charge in [0.1, 0.15) is 11.2 Å². The Hall–Kier alpha value is -6.76.